The number of nitrogens with zero attached hydrogens (tertiary/aromatic N) is 2. The maximum atomic E-state index is 11.4. The van der Waals surface area contributed by atoms with E-state index in [9.17, 15) is 19.2 Å². The number of amides is 4. The standard InChI is InChI=1S/C8H14N8O4S2/c9-5(13-7(11)19)15-21-3(17)1-2-4(18)22-16-6(10)14-8(12)20/h1-2H2,(H5,9,11,13,15,19)(H5,10,12,14,16,20). The summed E-state index contributed by atoms with van der Waals surface area (Å²) in [7, 11) is 0. The lowest BCUT2D eigenvalue weighted by Crippen LogP contribution is -2.39. The SMILES string of the molecule is NC(=O)NC(N)=NSC(=O)CCC(=O)SN=C(N)NC(N)=O. The van der Waals surface area contributed by atoms with Gasteiger partial charge in [0.1, 0.15) is 0 Å². The molecule has 0 unspecified atom stereocenters. The van der Waals surface area contributed by atoms with Gasteiger partial charge in [0.2, 0.25) is 22.1 Å². The van der Waals surface area contributed by atoms with Crippen LogP contribution in [0.2, 0.25) is 0 Å². The first-order chi connectivity index (χ1) is 10.2. The van der Waals surface area contributed by atoms with Crippen LogP contribution in [0.5, 0.6) is 0 Å². The molecule has 14 heteroatoms. The molecule has 22 heavy (non-hydrogen) atoms. The largest absolute Gasteiger partial charge is 0.369 e. The van der Waals surface area contributed by atoms with Crippen molar-refractivity contribution in [2.24, 2.45) is 31.7 Å². The number of primary amides is 2. The number of guanidine groups is 2. The van der Waals surface area contributed by atoms with E-state index in [2.05, 4.69) is 8.80 Å². The quantitative estimate of drug-likeness (QED) is 0.186. The van der Waals surface area contributed by atoms with Gasteiger partial charge in [-0.25, -0.2) is 9.59 Å². The second-order valence-electron chi connectivity index (χ2n) is 3.36. The van der Waals surface area contributed by atoms with E-state index in [-0.39, 0.29) is 24.8 Å². The van der Waals surface area contributed by atoms with Crippen LogP contribution < -0.4 is 33.6 Å². The summed E-state index contributed by atoms with van der Waals surface area (Å²) in [5.41, 5.74) is 20.0. The van der Waals surface area contributed by atoms with Gasteiger partial charge in [-0.05, 0) is 0 Å². The smallest absolute Gasteiger partial charge is 0.318 e. The fourth-order valence-corrected chi connectivity index (χ4v) is 1.67. The molecule has 0 rings (SSSR count). The molecule has 0 heterocycles. The molecule has 0 aliphatic rings. The van der Waals surface area contributed by atoms with E-state index in [1.54, 1.807) is 0 Å². The molecule has 0 spiro atoms. The Balaban J connectivity index is 4.07. The van der Waals surface area contributed by atoms with E-state index in [0.29, 0.717) is 23.9 Å². The third kappa shape index (κ3) is 11.4. The molecule has 0 bridgehead atoms. The van der Waals surface area contributed by atoms with Gasteiger partial charge in [-0.2, -0.15) is 8.80 Å². The molecule has 122 valence electrons. The van der Waals surface area contributed by atoms with Crippen molar-refractivity contribution in [3.63, 3.8) is 0 Å². The van der Waals surface area contributed by atoms with Gasteiger partial charge in [0, 0.05) is 12.8 Å². The third-order valence-corrected chi connectivity index (χ3v) is 2.92. The highest BCUT2D eigenvalue weighted by atomic mass is 32.2. The van der Waals surface area contributed by atoms with Crippen LogP contribution in [0, 0.1) is 0 Å². The molecule has 0 aromatic rings. The van der Waals surface area contributed by atoms with Crippen molar-refractivity contribution in [2.75, 3.05) is 0 Å². The monoisotopic (exact) mass is 350 g/mol. The fraction of sp³-hybridized carbons (Fsp3) is 0.250. The Bertz CT molecular complexity index is 474. The van der Waals surface area contributed by atoms with Crippen LogP contribution in [0.25, 0.3) is 0 Å². The lowest BCUT2D eigenvalue weighted by molar-refractivity contribution is -0.115. The zero-order valence-electron chi connectivity index (χ0n) is 11.1. The van der Waals surface area contributed by atoms with E-state index in [1.165, 1.54) is 0 Å². The Morgan fingerprint density at radius 2 is 1.05 bits per heavy atom. The van der Waals surface area contributed by atoms with E-state index >= 15 is 0 Å². The molecule has 0 atom stereocenters. The number of carbonyl (C=O) groups excluding carboxylic acids is 4. The number of hydrogen-bond acceptors (Lipinski definition) is 8. The van der Waals surface area contributed by atoms with Crippen LogP contribution in [0.3, 0.4) is 0 Å². The second-order valence-corrected chi connectivity index (χ2v) is 5.00. The summed E-state index contributed by atoms with van der Waals surface area (Å²) in [6.07, 6.45) is -0.273. The summed E-state index contributed by atoms with van der Waals surface area (Å²) in [6.45, 7) is 0. The molecule has 0 aliphatic heterocycles. The lowest BCUT2D eigenvalue weighted by Gasteiger charge is -2.00. The van der Waals surface area contributed by atoms with Crippen molar-refractivity contribution in [2.45, 2.75) is 12.8 Å². The van der Waals surface area contributed by atoms with Crippen molar-refractivity contribution in [1.29, 1.82) is 0 Å². The van der Waals surface area contributed by atoms with Crippen LogP contribution in [-0.2, 0) is 9.59 Å². The first-order valence-electron chi connectivity index (χ1n) is 5.40. The summed E-state index contributed by atoms with van der Waals surface area (Å²) in [5, 5.41) is 2.99. The minimum absolute atomic E-state index is 0.136. The van der Waals surface area contributed by atoms with Gasteiger partial charge in [0.25, 0.3) is 0 Å². The van der Waals surface area contributed by atoms with Crippen molar-refractivity contribution < 1.29 is 19.2 Å². The minimum Gasteiger partial charge on any atom is -0.369 e. The number of nitrogens with one attached hydrogen (secondary N) is 2. The van der Waals surface area contributed by atoms with Crippen LogP contribution in [0.15, 0.2) is 8.80 Å². The van der Waals surface area contributed by atoms with E-state index in [0.717, 1.165) is 0 Å². The Kier molecular flexibility index (Phi) is 9.12. The average Bonchev–Trinajstić information content (AvgIpc) is 2.39. The summed E-state index contributed by atoms with van der Waals surface area (Å²) in [5.74, 6) is -0.664. The Hall–Kier alpha value is -2.48. The lowest BCUT2D eigenvalue weighted by atomic mass is 10.4. The number of nitrogens with two attached hydrogens (primary N) is 4. The topological polar surface area (TPSA) is 221 Å². The van der Waals surface area contributed by atoms with Gasteiger partial charge >= 0.3 is 12.1 Å². The Labute approximate surface area is 133 Å². The van der Waals surface area contributed by atoms with Gasteiger partial charge in [0.05, 0.1) is 23.9 Å². The minimum atomic E-state index is -0.916. The van der Waals surface area contributed by atoms with E-state index < -0.39 is 22.3 Å². The number of carbonyl (C=O) groups is 4. The molecule has 0 fully saturated rings. The molecule has 10 N–H and O–H groups in total. The zero-order chi connectivity index (χ0) is 17.1. The number of hydrogen-bond donors (Lipinski definition) is 6. The molecule has 0 aromatic carbocycles. The fourth-order valence-electron chi connectivity index (χ4n) is 0.794. The average molecular weight is 350 g/mol. The van der Waals surface area contributed by atoms with Crippen molar-refractivity contribution in [1.82, 2.24) is 10.6 Å². The molecule has 12 nitrogen and oxygen atoms in total. The second kappa shape index (κ2) is 10.3. The molecular weight excluding hydrogens is 336 g/mol. The van der Waals surface area contributed by atoms with E-state index in [1.807, 2.05) is 10.6 Å². The summed E-state index contributed by atoms with van der Waals surface area (Å²) in [4.78, 5) is 43.6. The van der Waals surface area contributed by atoms with Crippen molar-refractivity contribution in [3.8, 4) is 0 Å². The number of urea groups is 2. The van der Waals surface area contributed by atoms with Crippen LogP contribution >= 0.6 is 23.9 Å². The zero-order valence-corrected chi connectivity index (χ0v) is 12.7. The summed E-state index contributed by atoms with van der Waals surface area (Å²) < 4.78 is 6.94. The van der Waals surface area contributed by atoms with Crippen LogP contribution in [0.1, 0.15) is 12.8 Å². The first kappa shape index (κ1) is 19.5. The van der Waals surface area contributed by atoms with Gasteiger partial charge in [0.15, 0.2) is 0 Å². The summed E-state index contributed by atoms with van der Waals surface area (Å²) >= 11 is 0.919. The highest BCUT2D eigenvalue weighted by Crippen LogP contribution is 2.13. The Morgan fingerprint density at radius 3 is 1.32 bits per heavy atom. The van der Waals surface area contributed by atoms with E-state index in [4.69, 9.17) is 22.9 Å². The molecule has 0 saturated carbocycles. The van der Waals surface area contributed by atoms with Crippen molar-refractivity contribution >= 4 is 58.1 Å². The van der Waals surface area contributed by atoms with Crippen LogP contribution in [0.4, 0.5) is 9.59 Å². The molecule has 0 radical (unpaired) electrons. The number of rotatable bonds is 5. The highest BCUT2D eigenvalue weighted by molar-refractivity contribution is 8.13. The van der Waals surface area contributed by atoms with Gasteiger partial charge in [-0.15, -0.1) is 0 Å². The molecular formula is C8H14N8O4S2. The summed E-state index contributed by atoms with van der Waals surface area (Å²) in [6, 6.07) is -1.83. The molecule has 0 aromatic heterocycles. The molecule has 0 saturated heterocycles. The van der Waals surface area contributed by atoms with Gasteiger partial charge < -0.3 is 22.9 Å². The third-order valence-electron chi connectivity index (χ3n) is 1.53. The van der Waals surface area contributed by atoms with Crippen molar-refractivity contribution in [3.05, 3.63) is 0 Å². The first-order valence-corrected chi connectivity index (χ1v) is 6.95. The molecule has 4 amide bonds. The van der Waals surface area contributed by atoms with Crippen LogP contribution in [-0.4, -0.2) is 34.2 Å². The maximum Gasteiger partial charge on any atom is 0.318 e. The predicted octanol–water partition coefficient (Wildman–Crippen LogP) is -1.92. The predicted molar refractivity (Wildman–Crippen MR) is 83.1 cm³/mol. The Morgan fingerprint density at radius 1 is 0.727 bits per heavy atom. The highest BCUT2D eigenvalue weighted by Gasteiger charge is 2.09. The normalized spacial score (nSPS) is 11.6. The van der Waals surface area contributed by atoms with Gasteiger partial charge in [-0.3, -0.25) is 20.2 Å². The van der Waals surface area contributed by atoms with Gasteiger partial charge in [-0.1, -0.05) is 0 Å². The molecule has 0 aliphatic carbocycles. The maximum absolute atomic E-state index is 11.4.